The van der Waals surface area contributed by atoms with E-state index in [1.807, 2.05) is 31.2 Å². The smallest absolute Gasteiger partial charge is 0.311 e. The van der Waals surface area contributed by atoms with Gasteiger partial charge in [-0.05, 0) is 6.92 Å². The van der Waals surface area contributed by atoms with Crippen molar-refractivity contribution in [2.45, 2.75) is 13.3 Å². The number of carboxylic acids is 1. The van der Waals surface area contributed by atoms with Gasteiger partial charge in [0.1, 0.15) is 6.42 Å². The van der Waals surface area contributed by atoms with Crippen molar-refractivity contribution >= 4 is 5.97 Å². The minimum absolute atomic E-state index is 0.153. The third-order valence-corrected chi connectivity index (χ3v) is 2.43. The van der Waals surface area contributed by atoms with Crippen LogP contribution >= 0.6 is 0 Å². The second-order valence-corrected chi connectivity index (χ2v) is 3.91. The lowest BCUT2D eigenvalue weighted by Gasteiger charge is -1.99. The minimum atomic E-state index is -0.925. The van der Waals surface area contributed by atoms with Crippen LogP contribution in [0.1, 0.15) is 11.4 Å². The zero-order valence-corrected chi connectivity index (χ0v) is 9.71. The van der Waals surface area contributed by atoms with Gasteiger partial charge in [0.15, 0.2) is 11.6 Å². The van der Waals surface area contributed by atoms with E-state index in [1.54, 1.807) is 11.7 Å². The Morgan fingerprint density at radius 3 is 2.59 bits per heavy atom. The number of aliphatic carboxylic acids is 1. The Bertz CT molecular complexity index is 543. The van der Waals surface area contributed by atoms with E-state index >= 15 is 0 Å². The van der Waals surface area contributed by atoms with Crippen molar-refractivity contribution in [2.75, 3.05) is 0 Å². The van der Waals surface area contributed by atoms with E-state index in [1.165, 1.54) is 5.56 Å². The Balaban J connectivity index is 2.35. The van der Waals surface area contributed by atoms with Gasteiger partial charge in [-0.2, -0.15) is 5.10 Å². The summed E-state index contributed by atoms with van der Waals surface area (Å²) in [5, 5.41) is 12.8. The molecule has 0 fully saturated rings. The third-order valence-electron chi connectivity index (χ3n) is 2.43. The lowest BCUT2D eigenvalue weighted by Crippen LogP contribution is -2.02. The highest BCUT2D eigenvalue weighted by molar-refractivity contribution is 5.69. The fourth-order valence-corrected chi connectivity index (χ4v) is 1.60. The van der Waals surface area contributed by atoms with E-state index < -0.39 is 5.97 Å². The van der Waals surface area contributed by atoms with Crippen LogP contribution in [0, 0.1) is 6.92 Å². The van der Waals surface area contributed by atoms with E-state index in [9.17, 15) is 4.79 Å². The maximum Gasteiger partial charge on any atom is 0.311 e. The fourth-order valence-electron chi connectivity index (χ4n) is 1.60. The molecule has 0 aliphatic carbocycles. The zero-order valence-electron chi connectivity index (χ0n) is 9.71. The summed E-state index contributed by atoms with van der Waals surface area (Å²) in [6.45, 7) is 2.01. The van der Waals surface area contributed by atoms with Gasteiger partial charge in [-0.15, -0.1) is 0 Å². The van der Waals surface area contributed by atoms with Crippen LogP contribution in [0.2, 0.25) is 0 Å². The molecule has 88 valence electrons. The number of hydrogen-bond acceptors (Lipinski definition) is 3. The van der Waals surface area contributed by atoms with Crippen molar-refractivity contribution in [3.05, 3.63) is 35.7 Å². The molecule has 0 aliphatic rings. The Hall–Kier alpha value is -2.17. The third kappa shape index (κ3) is 2.50. The van der Waals surface area contributed by atoms with Gasteiger partial charge in [-0.25, -0.2) is 9.67 Å². The summed E-state index contributed by atoms with van der Waals surface area (Å²) in [7, 11) is 1.76. The summed E-state index contributed by atoms with van der Waals surface area (Å²) < 4.78 is 1.60. The monoisotopic (exact) mass is 231 g/mol. The van der Waals surface area contributed by atoms with Crippen LogP contribution in [-0.4, -0.2) is 25.8 Å². The number of aryl methyl sites for hydroxylation is 2. The van der Waals surface area contributed by atoms with Crippen molar-refractivity contribution in [1.29, 1.82) is 0 Å². The van der Waals surface area contributed by atoms with Gasteiger partial charge in [-0.3, -0.25) is 4.79 Å². The number of carboxylic acid groups (broad SMARTS) is 1. The number of hydrogen-bond donors (Lipinski definition) is 1. The maximum atomic E-state index is 10.6. The van der Waals surface area contributed by atoms with Crippen LogP contribution in [-0.2, 0) is 18.3 Å². The molecule has 0 atom stereocenters. The van der Waals surface area contributed by atoms with E-state index in [0.717, 1.165) is 5.56 Å². The average molecular weight is 231 g/mol. The van der Waals surface area contributed by atoms with Gasteiger partial charge in [-0.1, -0.05) is 29.8 Å². The molecule has 0 saturated carbocycles. The Labute approximate surface area is 98.7 Å². The summed E-state index contributed by atoms with van der Waals surface area (Å²) >= 11 is 0. The Kier molecular flexibility index (Phi) is 2.91. The molecular formula is C12H13N3O2. The van der Waals surface area contributed by atoms with Crippen LogP contribution in [0.15, 0.2) is 24.3 Å². The summed E-state index contributed by atoms with van der Waals surface area (Å²) in [5.41, 5.74) is 2.10. The minimum Gasteiger partial charge on any atom is -0.481 e. The molecule has 1 heterocycles. The number of carbonyl (C=O) groups is 1. The molecule has 0 saturated heterocycles. The first-order valence-electron chi connectivity index (χ1n) is 5.25. The van der Waals surface area contributed by atoms with Gasteiger partial charge in [0.05, 0.1) is 0 Å². The predicted molar refractivity (Wildman–Crippen MR) is 62.5 cm³/mol. The first-order valence-corrected chi connectivity index (χ1v) is 5.25. The summed E-state index contributed by atoms with van der Waals surface area (Å²) in [6, 6.07) is 7.87. The molecule has 5 heteroatoms. The number of benzene rings is 1. The van der Waals surface area contributed by atoms with Gasteiger partial charge in [0.2, 0.25) is 0 Å². The molecule has 1 aromatic carbocycles. The van der Waals surface area contributed by atoms with Crippen molar-refractivity contribution in [3.63, 3.8) is 0 Å². The summed E-state index contributed by atoms with van der Waals surface area (Å²) in [5.74, 6) is 0.0860. The molecule has 2 rings (SSSR count). The number of nitrogens with zero attached hydrogens (tertiary/aromatic N) is 3. The second kappa shape index (κ2) is 4.37. The van der Waals surface area contributed by atoms with Gasteiger partial charge >= 0.3 is 5.97 Å². The first kappa shape index (κ1) is 11.3. The molecule has 1 aromatic heterocycles. The van der Waals surface area contributed by atoms with Crippen molar-refractivity contribution in [3.8, 4) is 11.4 Å². The molecule has 0 aliphatic heterocycles. The molecule has 0 radical (unpaired) electrons. The highest BCUT2D eigenvalue weighted by atomic mass is 16.4. The van der Waals surface area contributed by atoms with Crippen LogP contribution in [0.5, 0.6) is 0 Å². The van der Waals surface area contributed by atoms with E-state index in [-0.39, 0.29) is 6.42 Å². The molecule has 0 amide bonds. The van der Waals surface area contributed by atoms with Gasteiger partial charge in [0.25, 0.3) is 0 Å². The average Bonchev–Trinajstić information content (AvgIpc) is 2.59. The van der Waals surface area contributed by atoms with Gasteiger partial charge < -0.3 is 5.11 Å². The van der Waals surface area contributed by atoms with Crippen LogP contribution in [0.4, 0.5) is 0 Å². The molecule has 0 spiro atoms. The first-order chi connectivity index (χ1) is 8.06. The Morgan fingerprint density at radius 1 is 1.35 bits per heavy atom. The molecule has 5 nitrogen and oxygen atoms in total. The zero-order chi connectivity index (χ0) is 12.4. The standard InChI is InChI=1S/C12H13N3O2/c1-8-3-5-9(6-4-8)12-13-10(7-11(16)17)14-15(12)2/h3-6H,7H2,1-2H3,(H,16,17). The Morgan fingerprint density at radius 2 is 2.00 bits per heavy atom. The number of rotatable bonds is 3. The van der Waals surface area contributed by atoms with Gasteiger partial charge in [0, 0.05) is 12.6 Å². The van der Waals surface area contributed by atoms with Crippen molar-refractivity contribution < 1.29 is 9.90 Å². The van der Waals surface area contributed by atoms with Crippen LogP contribution in [0.25, 0.3) is 11.4 Å². The fraction of sp³-hybridized carbons (Fsp3) is 0.250. The highest BCUT2D eigenvalue weighted by Crippen LogP contribution is 2.17. The van der Waals surface area contributed by atoms with E-state index in [4.69, 9.17) is 5.11 Å². The highest BCUT2D eigenvalue weighted by Gasteiger charge is 2.11. The summed E-state index contributed by atoms with van der Waals surface area (Å²) in [6.07, 6.45) is -0.153. The molecule has 1 N–H and O–H groups in total. The second-order valence-electron chi connectivity index (χ2n) is 3.91. The lowest BCUT2D eigenvalue weighted by molar-refractivity contribution is -0.136. The predicted octanol–water partition coefficient (Wildman–Crippen LogP) is 1.42. The molecule has 0 unspecified atom stereocenters. The summed E-state index contributed by atoms with van der Waals surface area (Å²) in [4.78, 5) is 14.8. The van der Waals surface area contributed by atoms with E-state index in [0.29, 0.717) is 11.6 Å². The molecule has 17 heavy (non-hydrogen) atoms. The normalized spacial score (nSPS) is 10.5. The van der Waals surface area contributed by atoms with Crippen LogP contribution < -0.4 is 0 Å². The quantitative estimate of drug-likeness (QED) is 0.867. The number of aromatic nitrogens is 3. The van der Waals surface area contributed by atoms with Crippen LogP contribution in [0.3, 0.4) is 0 Å². The molecular weight excluding hydrogens is 218 g/mol. The molecule has 0 bridgehead atoms. The topological polar surface area (TPSA) is 68.0 Å². The largest absolute Gasteiger partial charge is 0.481 e. The van der Waals surface area contributed by atoms with Crippen molar-refractivity contribution in [1.82, 2.24) is 14.8 Å². The van der Waals surface area contributed by atoms with Crippen molar-refractivity contribution in [2.24, 2.45) is 7.05 Å². The maximum absolute atomic E-state index is 10.6. The molecule has 2 aromatic rings. The lowest BCUT2D eigenvalue weighted by atomic mass is 10.1. The SMILES string of the molecule is Cc1ccc(-c2nc(CC(=O)O)nn2C)cc1. The van der Waals surface area contributed by atoms with E-state index in [2.05, 4.69) is 10.1 Å².